The van der Waals surface area contributed by atoms with Crippen LogP contribution in [-0.2, 0) is 23.7 Å². The maximum atomic E-state index is 12.8. The number of imidazole rings is 1. The molecule has 0 amide bonds. The van der Waals surface area contributed by atoms with Crippen LogP contribution in [0.2, 0.25) is 0 Å². The van der Waals surface area contributed by atoms with Gasteiger partial charge in [0.05, 0.1) is 5.69 Å². The van der Waals surface area contributed by atoms with Crippen molar-refractivity contribution in [1.29, 1.82) is 0 Å². The number of benzene rings is 2. The molecule has 2 N–H and O–H groups in total. The van der Waals surface area contributed by atoms with E-state index in [1.807, 2.05) is 49.0 Å². The molecule has 2 aromatic carbocycles. The molecule has 4 rings (SSSR count). The summed E-state index contributed by atoms with van der Waals surface area (Å²) in [5, 5.41) is 0.847. The fraction of sp³-hybridized carbons (Fsp3) is 0.182. The Bertz CT molecular complexity index is 1440. The van der Waals surface area contributed by atoms with E-state index in [4.69, 9.17) is 4.42 Å². The van der Waals surface area contributed by atoms with Gasteiger partial charge < -0.3 is 8.98 Å². The van der Waals surface area contributed by atoms with Gasteiger partial charge in [0.25, 0.3) is 10.2 Å². The van der Waals surface area contributed by atoms with Crippen molar-refractivity contribution in [2.24, 2.45) is 7.05 Å². The molecule has 4 aromatic rings. The highest BCUT2D eigenvalue weighted by atomic mass is 32.2. The van der Waals surface area contributed by atoms with E-state index in [0.717, 1.165) is 27.9 Å². The first kappa shape index (κ1) is 20.8. The van der Waals surface area contributed by atoms with Crippen LogP contribution in [0.15, 0.2) is 64.1 Å². The molecule has 0 spiro atoms. The molecule has 0 radical (unpaired) electrons. The SMILES string of the molecule is CNS(=O)(=O)Nc1cccc(Cc2c(C)c3ccc(-c4nccn4C)cc3oc2=O)c1. The van der Waals surface area contributed by atoms with Crippen LogP contribution >= 0.6 is 0 Å². The van der Waals surface area contributed by atoms with Crippen LogP contribution in [0, 0.1) is 6.92 Å². The Kier molecular flexibility index (Phi) is 5.38. The molecule has 0 saturated heterocycles. The van der Waals surface area contributed by atoms with Crippen molar-refractivity contribution in [3.8, 4) is 11.4 Å². The second-order valence-corrected chi connectivity index (χ2v) is 8.87. The molecular weight excluding hydrogens is 416 g/mol. The molecule has 0 unspecified atom stereocenters. The zero-order valence-corrected chi connectivity index (χ0v) is 18.2. The molecule has 8 nitrogen and oxygen atoms in total. The van der Waals surface area contributed by atoms with Crippen LogP contribution in [0.4, 0.5) is 5.69 Å². The van der Waals surface area contributed by atoms with E-state index in [0.29, 0.717) is 23.3 Å². The second kappa shape index (κ2) is 8.01. The van der Waals surface area contributed by atoms with Gasteiger partial charge in [-0.15, -0.1) is 0 Å². The Hall–Kier alpha value is -3.43. The Labute approximate surface area is 179 Å². The summed E-state index contributed by atoms with van der Waals surface area (Å²) in [5.74, 6) is 0.784. The monoisotopic (exact) mass is 438 g/mol. The summed E-state index contributed by atoms with van der Waals surface area (Å²) in [6, 6.07) is 12.6. The number of anilines is 1. The molecule has 0 atom stereocenters. The molecule has 9 heteroatoms. The van der Waals surface area contributed by atoms with E-state index >= 15 is 0 Å². The van der Waals surface area contributed by atoms with E-state index in [-0.39, 0.29) is 0 Å². The van der Waals surface area contributed by atoms with Crippen LogP contribution in [0.1, 0.15) is 16.7 Å². The lowest BCUT2D eigenvalue weighted by molar-refractivity contribution is 0.551. The third kappa shape index (κ3) is 4.23. The number of aromatic nitrogens is 2. The van der Waals surface area contributed by atoms with Crippen LogP contribution in [0.5, 0.6) is 0 Å². The average molecular weight is 439 g/mol. The Morgan fingerprint density at radius 3 is 2.68 bits per heavy atom. The lowest BCUT2D eigenvalue weighted by atomic mass is 9.98. The fourth-order valence-electron chi connectivity index (χ4n) is 3.54. The normalized spacial score (nSPS) is 11.7. The van der Waals surface area contributed by atoms with Crippen molar-refractivity contribution in [2.75, 3.05) is 11.8 Å². The highest BCUT2D eigenvalue weighted by Gasteiger charge is 2.15. The third-order valence-electron chi connectivity index (χ3n) is 5.20. The Morgan fingerprint density at radius 1 is 1.16 bits per heavy atom. The van der Waals surface area contributed by atoms with Gasteiger partial charge >= 0.3 is 5.63 Å². The van der Waals surface area contributed by atoms with Crippen LogP contribution in [-0.4, -0.2) is 25.0 Å². The number of hydrogen-bond acceptors (Lipinski definition) is 5. The van der Waals surface area contributed by atoms with Gasteiger partial charge in [-0.1, -0.05) is 24.3 Å². The van der Waals surface area contributed by atoms with Crippen LogP contribution in [0.3, 0.4) is 0 Å². The summed E-state index contributed by atoms with van der Waals surface area (Å²) in [6.45, 7) is 1.89. The number of fused-ring (bicyclic) bond motifs is 1. The highest BCUT2D eigenvalue weighted by Crippen LogP contribution is 2.26. The van der Waals surface area contributed by atoms with Gasteiger partial charge in [-0.25, -0.2) is 14.5 Å². The summed E-state index contributed by atoms with van der Waals surface area (Å²) in [6.07, 6.45) is 3.89. The van der Waals surface area contributed by atoms with Crippen LogP contribution in [0.25, 0.3) is 22.4 Å². The number of aryl methyl sites for hydroxylation is 2. The van der Waals surface area contributed by atoms with Crippen molar-refractivity contribution in [1.82, 2.24) is 14.3 Å². The molecule has 160 valence electrons. The number of hydrogen-bond donors (Lipinski definition) is 2. The van der Waals surface area contributed by atoms with Gasteiger partial charge in [-0.05, 0) is 36.2 Å². The first-order chi connectivity index (χ1) is 14.8. The third-order valence-corrected chi connectivity index (χ3v) is 6.24. The van der Waals surface area contributed by atoms with Gasteiger partial charge in [0.2, 0.25) is 0 Å². The minimum atomic E-state index is -3.62. The van der Waals surface area contributed by atoms with E-state index in [2.05, 4.69) is 14.4 Å². The molecule has 0 fully saturated rings. The predicted molar refractivity (Wildman–Crippen MR) is 120 cm³/mol. The zero-order chi connectivity index (χ0) is 22.2. The molecule has 2 aromatic heterocycles. The maximum absolute atomic E-state index is 12.8. The minimum Gasteiger partial charge on any atom is -0.422 e. The lowest BCUT2D eigenvalue weighted by Crippen LogP contribution is -2.26. The standard InChI is InChI=1S/C22H22N4O4S/c1-14-18-8-7-16(21-24-9-10-26(21)3)13-20(18)30-22(27)19(14)12-15-5-4-6-17(11-15)25-31(28,29)23-2/h4-11,13,23,25H,12H2,1-3H3. The van der Waals surface area contributed by atoms with Gasteiger partial charge in [0.15, 0.2) is 0 Å². The lowest BCUT2D eigenvalue weighted by Gasteiger charge is -2.11. The Morgan fingerprint density at radius 2 is 1.97 bits per heavy atom. The summed E-state index contributed by atoms with van der Waals surface area (Å²) in [5.41, 5.74) is 3.51. The predicted octanol–water partition coefficient (Wildman–Crippen LogP) is 2.97. The quantitative estimate of drug-likeness (QED) is 0.450. The molecule has 0 bridgehead atoms. The van der Waals surface area contributed by atoms with Gasteiger partial charge in [-0.2, -0.15) is 8.42 Å². The van der Waals surface area contributed by atoms with Crippen LogP contribution < -0.4 is 15.1 Å². The molecule has 0 aliphatic rings. The molecule has 0 aliphatic heterocycles. The smallest absolute Gasteiger partial charge is 0.340 e. The van der Waals surface area contributed by atoms with Crippen molar-refractivity contribution in [2.45, 2.75) is 13.3 Å². The fourth-order valence-corrected chi connectivity index (χ4v) is 4.08. The average Bonchev–Trinajstić information content (AvgIpc) is 3.16. The first-order valence-corrected chi connectivity index (χ1v) is 11.1. The minimum absolute atomic E-state index is 0.320. The molecule has 0 aliphatic carbocycles. The van der Waals surface area contributed by atoms with Gasteiger partial charge in [-0.3, -0.25) is 4.72 Å². The second-order valence-electron chi connectivity index (χ2n) is 7.25. The maximum Gasteiger partial charge on any atom is 0.340 e. The Balaban J connectivity index is 1.71. The van der Waals surface area contributed by atoms with Crippen molar-refractivity contribution in [3.63, 3.8) is 0 Å². The van der Waals surface area contributed by atoms with E-state index in [1.54, 1.807) is 24.4 Å². The van der Waals surface area contributed by atoms with E-state index in [9.17, 15) is 13.2 Å². The topological polar surface area (TPSA) is 106 Å². The van der Waals surface area contributed by atoms with Gasteiger partial charge in [0.1, 0.15) is 11.4 Å². The van der Waals surface area contributed by atoms with Crippen molar-refractivity contribution < 1.29 is 12.8 Å². The molecule has 0 saturated carbocycles. The van der Waals surface area contributed by atoms with E-state index in [1.165, 1.54) is 7.05 Å². The van der Waals surface area contributed by atoms with Crippen molar-refractivity contribution >= 4 is 26.9 Å². The zero-order valence-electron chi connectivity index (χ0n) is 17.3. The summed E-state index contributed by atoms with van der Waals surface area (Å²) < 4.78 is 35.6. The number of nitrogens with one attached hydrogen (secondary N) is 2. The molecular formula is C22H22N4O4S. The summed E-state index contributed by atoms with van der Waals surface area (Å²) in [7, 11) is -0.387. The summed E-state index contributed by atoms with van der Waals surface area (Å²) in [4.78, 5) is 17.1. The van der Waals surface area contributed by atoms with Gasteiger partial charge in [0, 0.05) is 49.4 Å². The largest absolute Gasteiger partial charge is 0.422 e. The molecule has 2 heterocycles. The highest BCUT2D eigenvalue weighted by molar-refractivity contribution is 7.90. The number of rotatable bonds is 6. The first-order valence-electron chi connectivity index (χ1n) is 9.61. The molecule has 31 heavy (non-hydrogen) atoms. The summed E-state index contributed by atoms with van der Waals surface area (Å²) >= 11 is 0. The van der Waals surface area contributed by atoms with E-state index < -0.39 is 15.8 Å². The number of nitrogens with zero attached hydrogens (tertiary/aromatic N) is 2. The van der Waals surface area contributed by atoms with Crippen molar-refractivity contribution in [3.05, 3.63) is 82.0 Å².